The number of nitrogens with one attached hydrogen (secondary N) is 1. The molecule has 4 atom stereocenters. The van der Waals surface area contributed by atoms with Gasteiger partial charge in [0.2, 0.25) is 5.91 Å². The van der Waals surface area contributed by atoms with Crippen LogP contribution in [-0.4, -0.2) is 23.7 Å². The molecular weight excluding hydrogens is 214 g/mol. The van der Waals surface area contributed by atoms with Crippen molar-refractivity contribution in [2.45, 2.75) is 52.6 Å². The van der Waals surface area contributed by atoms with E-state index in [9.17, 15) is 9.90 Å². The maximum Gasteiger partial charge on any atom is 0.223 e. The van der Waals surface area contributed by atoms with Gasteiger partial charge in [-0.25, -0.2) is 0 Å². The van der Waals surface area contributed by atoms with Gasteiger partial charge in [0.15, 0.2) is 0 Å². The van der Waals surface area contributed by atoms with Crippen LogP contribution < -0.4 is 5.32 Å². The van der Waals surface area contributed by atoms with E-state index in [0.717, 1.165) is 12.3 Å². The topological polar surface area (TPSA) is 49.3 Å². The molecule has 0 radical (unpaired) electrons. The van der Waals surface area contributed by atoms with E-state index >= 15 is 0 Å². The van der Waals surface area contributed by atoms with E-state index in [1.807, 2.05) is 20.8 Å². The third kappa shape index (κ3) is 2.82. The van der Waals surface area contributed by atoms with Gasteiger partial charge < -0.3 is 10.4 Å². The van der Waals surface area contributed by atoms with Crippen molar-refractivity contribution in [2.75, 3.05) is 6.54 Å². The zero-order valence-corrected chi connectivity index (χ0v) is 11.2. The van der Waals surface area contributed by atoms with Gasteiger partial charge in [0.1, 0.15) is 0 Å². The lowest BCUT2D eigenvalue weighted by Gasteiger charge is -2.27. The average molecular weight is 239 g/mol. The Morgan fingerprint density at radius 3 is 2.53 bits per heavy atom. The van der Waals surface area contributed by atoms with Crippen molar-refractivity contribution in [3.8, 4) is 0 Å². The lowest BCUT2D eigenvalue weighted by molar-refractivity contribution is -0.127. The van der Waals surface area contributed by atoms with E-state index in [-0.39, 0.29) is 17.2 Å². The number of carbonyl (C=O) groups is 1. The van der Waals surface area contributed by atoms with Crippen LogP contribution in [0.25, 0.3) is 0 Å². The molecule has 17 heavy (non-hydrogen) atoms. The van der Waals surface area contributed by atoms with Crippen molar-refractivity contribution in [2.24, 2.45) is 23.2 Å². The molecule has 2 rings (SSSR count). The first-order valence-electron chi connectivity index (χ1n) is 6.83. The molecule has 0 aromatic rings. The average Bonchev–Trinajstić information content (AvgIpc) is 2.85. The molecule has 2 aliphatic rings. The van der Waals surface area contributed by atoms with Crippen molar-refractivity contribution in [3.63, 3.8) is 0 Å². The molecule has 0 aliphatic heterocycles. The van der Waals surface area contributed by atoms with Crippen molar-refractivity contribution in [3.05, 3.63) is 0 Å². The third-order valence-corrected chi connectivity index (χ3v) is 4.54. The van der Waals surface area contributed by atoms with Crippen molar-refractivity contribution in [1.29, 1.82) is 0 Å². The molecule has 2 fully saturated rings. The summed E-state index contributed by atoms with van der Waals surface area (Å²) in [7, 11) is 0. The Morgan fingerprint density at radius 1 is 1.35 bits per heavy atom. The molecule has 0 spiro atoms. The maximum atomic E-state index is 12.0. The summed E-state index contributed by atoms with van der Waals surface area (Å²) in [4.78, 5) is 12.0. The number of carbonyl (C=O) groups excluding carboxylic acids is 1. The van der Waals surface area contributed by atoms with Crippen LogP contribution in [-0.2, 0) is 4.79 Å². The van der Waals surface area contributed by atoms with E-state index in [1.54, 1.807) is 0 Å². The summed E-state index contributed by atoms with van der Waals surface area (Å²) in [6.45, 7) is 6.35. The van der Waals surface area contributed by atoms with E-state index < -0.39 is 6.10 Å². The highest BCUT2D eigenvalue weighted by Gasteiger charge is 2.43. The first-order chi connectivity index (χ1) is 7.88. The Balaban J connectivity index is 1.78. The number of hydrogen-bond acceptors (Lipinski definition) is 2. The molecule has 0 aromatic heterocycles. The number of fused-ring (bicyclic) bond motifs is 2. The van der Waals surface area contributed by atoms with Crippen LogP contribution in [0.4, 0.5) is 0 Å². The monoisotopic (exact) mass is 239 g/mol. The van der Waals surface area contributed by atoms with Gasteiger partial charge >= 0.3 is 0 Å². The Labute approximate surface area is 104 Å². The van der Waals surface area contributed by atoms with Gasteiger partial charge in [-0.05, 0) is 36.5 Å². The van der Waals surface area contributed by atoms with Gasteiger partial charge in [-0.1, -0.05) is 27.2 Å². The molecule has 1 amide bonds. The molecule has 98 valence electrons. The quantitative estimate of drug-likeness (QED) is 0.791. The summed E-state index contributed by atoms with van der Waals surface area (Å²) in [5.74, 6) is 1.80. The fourth-order valence-electron chi connectivity index (χ4n) is 3.20. The molecule has 2 saturated carbocycles. The molecule has 3 nitrogen and oxygen atoms in total. The predicted molar refractivity (Wildman–Crippen MR) is 67.4 cm³/mol. The van der Waals surface area contributed by atoms with Crippen molar-refractivity contribution in [1.82, 2.24) is 5.32 Å². The van der Waals surface area contributed by atoms with E-state index in [1.165, 1.54) is 19.3 Å². The second-order valence-corrected chi connectivity index (χ2v) is 6.91. The SMILES string of the molecule is CC(C)(C)C(O)CNC(=O)C1CC2CCC1C2. The maximum absolute atomic E-state index is 12.0. The minimum Gasteiger partial charge on any atom is -0.391 e. The molecule has 2 bridgehead atoms. The Morgan fingerprint density at radius 2 is 2.06 bits per heavy atom. The van der Waals surface area contributed by atoms with E-state index in [0.29, 0.717) is 12.5 Å². The number of rotatable bonds is 3. The Hall–Kier alpha value is -0.570. The lowest BCUT2D eigenvalue weighted by Crippen LogP contribution is -2.42. The second-order valence-electron chi connectivity index (χ2n) is 6.91. The third-order valence-electron chi connectivity index (χ3n) is 4.54. The molecule has 4 unspecified atom stereocenters. The van der Waals surface area contributed by atoms with Crippen LogP contribution in [0.2, 0.25) is 0 Å². The molecule has 0 saturated heterocycles. The van der Waals surface area contributed by atoms with Gasteiger partial charge in [0.25, 0.3) is 0 Å². The number of hydrogen-bond donors (Lipinski definition) is 2. The molecular formula is C14H25NO2. The van der Waals surface area contributed by atoms with Gasteiger partial charge in [-0.2, -0.15) is 0 Å². The number of aliphatic hydroxyl groups is 1. The van der Waals surface area contributed by atoms with Crippen LogP contribution in [0.15, 0.2) is 0 Å². The summed E-state index contributed by atoms with van der Waals surface area (Å²) in [5.41, 5.74) is -0.165. The summed E-state index contributed by atoms with van der Waals surface area (Å²) >= 11 is 0. The molecule has 2 aliphatic carbocycles. The largest absolute Gasteiger partial charge is 0.391 e. The standard InChI is InChI=1S/C14H25NO2/c1-14(2,3)12(16)8-15-13(17)11-7-9-4-5-10(11)6-9/h9-12,16H,4-8H2,1-3H3,(H,15,17). The van der Waals surface area contributed by atoms with Gasteiger partial charge in [0.05, 0.1) is 6.10 Å². The summed E-state index contributed by atoms with van der Waals surface area (Å²) < 4.78 is 0. The highest BCUT2D eigenvalue weighted by molar-refractivity contribution is 5.79. The smallest absolute Gasteiger partial charge is 0.223 e. The number of amides is 1. The zero-order chi connectivity index (χ0) is 12.6. The first kappa shape index (κ1) is 12.9. The predicted octanol–water partition coefficient (Wildman–Crippen LogP) is 1.95. The molecule has 3 heteroatoms. The Kier molecular flexibility index (Phi) is 3.48. The molecule has 2 N–H and O–H groups in total. The summed E-state index contributed by atoms with van der Waals surface area (Å²) in [6, 6.07) is 0. The molecule has 0 aromatic carbocycles. The van der Waals surface area contributed by atoms with Crippen LogP contribution in [0.3, 0.4) is 0 Å². The van der Waals surface area contributed by atoms with Crippen molar-refractivity contribution < 1.29 is 9.90 Å². The van der Waals surface area contributed by atoms with E-state index in [2.05, 4.69) is 5.32 Å². The summed E-state index contributed by atoms with van der Waals surface area (Å²) in [6.07, 6.45) is 4.40. The fourth-order valence-corrected chi connectivity index (χ4v) is 3.20. The number of aliphatic hydroxyl groups excluding tert-OH is 1. The van der Waals surface area contributed by atoms with Crippen LogP contribution >= 0.6 is 0 Å². The second kappa shape index (κ2) is 4.60. The van der Waals surface area contributed by atoms with Crippen LogP contribution in [0.1, 0.15) is 46.5 Å². The van der Waals surface area contributed by atoms with Gasteiger partial charge in [0, 0.05) is 12.5 Å². The molecule has 0 heterocycles. The minimum atomic E-state index is -0.468. The summed E-state index contributed by atoms with van der Waals surface area (Å²) in [5, 5.41) is 12.8. The van der Waals surface area contributed by atoms with Crippen LogP contribution in [0, 0.1) is 23.2 Å². The first-order valence-corrected chi connectivity index (χ1v) is 6.83. The Bertz CT molecular complexity index is 295. The van der Waals surface area contributed by atoms with E-state index in [4.69, 9.17) is 0 Å². The highest BCUT2D eigenvalue weighted by Crippen LogP contribution is 2.48. The normalized spacial score (nSPS) is 33.8. The zero-order valence-electron chi connectivity index (χ0n) is 11.2. The van der Waals surface area contributed by atoms with Gasteiger partial charge in [-0.15, -0.1) is 0 Å². The van der Waals surface area contributed by atoms with Gasteiger partial charge in [-0.3, -0.25) is 4.79 Å². The van der Waals surface area contributed by atoms with Crippen LogP contribution in [0.5, 0.6) is 0 Å². The highest BCUT2D eigenvalue weighted by atomic mass is 16.3. The lowest BCUT2D eigenvalue weighted by atomic mass is 9.87. The minimum absolute atomic E-state index is 0.165. The van der Waals surface area contributed by atoms with Crippen molar-refractivity contribution >= 4 is 5.91 Å². The fraction of sp³-hybridized carbons (Fsp3) is 0.929.